The minimum absolute atomic E-state index is 0.167. The Morgan fingerprint density at radius 2 is 1.21 bits per heavy atom. The average Bonchev–Trinajstić information content (AvgIpc) is 3.02. The Balaban J connectivity index is 1.80. The molecule has 42 heavy (non-hydrogen) atoms. The molecule has 0 unspecified atom stereocenters. The van der Waals surface area contributed by atoms with Gasteiger partial charge in [-0.05, 0) is 17.5 Å². The number of aliphatic hydroxyl groups is 2. The van der Waals surface area contributed by atoms with Crippen LogP contribution in [0.15, 0.2) is 60.7 Å². The maximum absolute atomic E-state index is 13.4. The van der Waals surface area contributed by atoms with Gasteiger partial charge in [0.1, 0.15) is 6.04 Å². The first-order valence-corrected chi connectivity index (χ1v) is 17.2. The molecule has 3 N–H and O–H groups in total. The Bertz CT molecular complexity index is 919. The molecule has 0 aliphatic rings. The van der Waals surface area contributed by atoms with Crippen LogP contribution in [0.3, 0.4) is 0 Å². The van der Waals surface area contributed by atoms with Crippen LogP contribution in [0.4, 0.5) is 0 Å². The summed E-state index contributed by atoms with van der Waals surface area (Å²) in [5.41, 5.74) is 1.69. The van der Waals surface area contributed by atoms with Crippen molar-refractivity contribution >= 4 is 23.6 Å². The first-order valence-electron chi connectivity index (χ1n) is 16.0. The third kappa shape index (κ3) is 15.8. The molecule has 0 fully saturated rings. The highest BCUT2D eigenvalue weighted by molar-refractivity contribution is 7.99. The van der Waals surface area contributed by atoms with Crippen LogP contribution < -0.4 is 5.32 Å². The highest BCUT2D eigenvalue weighted by Crippen LogP contribution is 2.27. The minimum Gasteiger partial charge on any atom is -0.451 e. The van der Waals surface area contributed by atoms with E-state index < -0.39 is 24.2 Å². The molecule has 2 rings (SSSR count). The fraction of sp³-hybridized carbons (Fsp3) is 0.600. The smallest absolute Gasteiger partial charge is 0.330 e. The number of benzene rings is 2. The summed E-state index contributed by atoms with van der Waals surface area (Å²) >= 11 is 1.31. The third-order valence-electron chi connectivity index (χ3n) is 7.37. The summed E-state index contributed by atoms with van der Waals surface area (Å²) < 4.78 is 6.01. The van der Waals surface area contributed by atoms with E-state index in [0.717, 1.165) is 30.4 Å². The van der Waals surface area contributed by atoms with Gasteiger partial charge in [0.2, 0.25) is 5.91 Å². The number of hydrogen-bond acceptors (Lipinski definition) is 6. The molecule has 0 aliphatic carbocycles. The molecule has 0 radical (unpaired) electrons. The van der Waals surface area contributed by atoms with E-state index in [1.54, 1.807) is 0 Å². The van der Waals surface area contributed by atoms with Crippen LogP contribution in [0.25, 0.3) is 0 Å². The molecule has 6 nitrogen and oxygen atoms in total. The molecule has 0 saturated carbocycles. The summed E-state index contributed by atoms with van der Waals surface area (Å²) in [7, 11) is 0. The van der Waals surface area contributed by atoms with Crippen LogP contribution in [0.5, 0.6) is 0 Å². The number of esters is 1. The SMILES string of the molecule is CCCCCCCCCCCCCCCC(=O)N[C@@H](CSC[C@H](O)CO)C(=O)OC(c1ccccc1)c1ccccc1. The van der Waals surface area contributed by atoms with E-state index in [0.29, 0.717) is 6.42 Å². The molecular formula is C35H53NO5S. The number of rotatable bonds is 24. The highest BCUT2D eigenvalue weighted by atomic mass is 32.2. The zero-order chi connectivity index (χ0) is 30.3. The minimum atomic E-state index is -0.880. The van der Waals surface area contributed by atoms with Crippen molar-refractivity contribution in [2.24, 2.45) is 0 Å². The van der Waals surface area contributed by atoms with E-state index in [2.05, 4.69) is 12.2 Å². The quantitative estimate of drug-likeness (QED) is 0.0861. The predicted octanol–water partition coefficient (Wildman–Crippen LogP) is 7.37. The first-order chi connectivity index (χ1) is 20.5. The molecule has 0 saturated heterocycles. The number of aliphatic hydroxyl groups excluding tert-OH is 2. The van der Waals surface area contributed by atoms with Crippen molar-refractivity contribution in [3.05, 3.63) is 71.8 Å². The van der Waals surface area contributed by atoms with Crippen LogP contribution in [-0.2, 0) is 14.3 Å². The van der Waals surface area contributed by atoms with Crippen molar-refractivity contribution in [1.29, 1.82) is 0 Å². The lowest BCUT2D eigenvalue weighted by Gasteiger charge is -2.23. The number of nitrogens with one attached hydrogen (secondary N) is 1. The second-order valence-corrected chi connectivity index (χ2v) is 12.2. The molecule has 7 heteroatoms. The highest BCUT2D eigenvalue weighted by Gasteiger charge is 2.27. The van der Waals surface area contributed by atoms with Gasteiger partial charge in [-0.25, -0.2) is 4.79 Å². The summed E-state index contributed by atoms with van der Waals surface area (Å²) in [6, 6.07) is 18.2. The number of amides is 1. The van der Waals surface area contributed by atoms with Crippen molar-refractivity contribution in [2.75, 3.05) is 18.1 Å². The molecule has 0 spiro atoms. The Labute approximate surface area is 258 Å². The van der Waals surface area contributed by atoms with E-state index in [-0.39, 0.29) is 24.0 Å². The van der Waals surface area contributed by atoms with Crippen LogP contribution in [0.2, 0.25) is 0 Å². The van der Waals surface area contributed by atoms with E-state index >= 15 is 0 Å². The number of carbonyl (C=O) groups excluding carboxylic acids is 2. The van der Waals surface area contributed by atoms with Gasteiger partial charge < -0.3 is 20.3 Å². The van der Waals surface area contributed by atoms with Crippen molar-refractivity contribution in [3.8, 4) is 0 Å². The number of ether oxygens (including phenoxy) is 1. The van der Waals surface area contributed by atoms with Gasteiger partial charge in [0, 0.05) is 17.9 Å². The lowest BCUT2D eigenvalue weighted by Crippen LogP contribution is -2.44. The van der Waals surface area contributed by atoms with Gasteiger partial charge in [-0.1, -0.05) is 145 Å². The average molecular weight is 600 g/mol. The number of carbonyl (C=O) groups is 2. The summed E-state index contributed by atoms with van der Waals surface area (Å²) in [6.45, 7) is 1.90. The summed E-state index contributed by atoms with van der Waals surface area (Å²) in [6.07, 6.45) is 15.0. The van der Waals surface area contributed by atoms with Crippen LogP contribution >= 0.6 is 11.8 Å². The van der Waals surface area contributed by atoms with Crippen molar-refractivity contribution in [3.63, 3.8) is 0 Å². The van der Waals surface area contributed by atoms with E-state index in [4.69, 9.17) is 9.84 Å². The molecule has 0 bridgehead atoms. The third-order valence-corrected chi connectivity index (χ3v) is 8.56. The first kappa shape index (κ1) is 35.8. The van der Waals surface area contributed by atoms with Crippen molar-refractivity contribution in [1.82, 2.24) is 5.32 Å². The van der Waals surface area contributed by atoms with Crippen molar-refractivity contribution in [2.45, 2.75) is 115 Å². The lowest BCUT2D eigenvalue weighted by atomic mass is 10.0. The molecular weight excluding hydrogens is 546 g/mol. The summed E-state index contributed by atoms with van der Waals surface area (Å²) in [5.74, 6) is -0.177. The van der Waals surface area contributed by atoms with Gasteiger partial charge in [0.15, 0.2) is 6.10 Å². The molecule has 2 atom stereocenters. The molecule has 2 aromatic rings. The molecule has 2 aromatic carbocycles. The normalized spacial score (nSPS) is 12.7. The largest absolute Gasteiger partial charge is 0.451 e. The second-order valence-electron chi connectivity index (χ2n) is 11.1. The lowest BCUT2D eigenvalue weighted by molar-refractivity contribution is -0.151. The monoisotopic (exact) mass is 599 g/mol. The van der Waals surface area contributed by atoms with Crippen LogP contribution in [-0.4, -0.2) is 52.3 Å². The van der Waals surface area contributed by atoms with Gasteiger partial charge in [0.05, 0.1) is 12.7 Å². The number of unbranched alkanes of at least 4 members (excludes halogenated alkanes) is 12. The maximum Gasteiger partial charge on any atom is 0.330 e. The van der Waals surface area contributed by atoms with Crippen LogP contribution in [0, 0.1) is 0 Å². The molecule has 0 aromatic heterocycles. The fourth-order valence-corrected chi connectivity index (χ4v) is 5.86. The number of thioether (sulfide) groups is 1. The zero-order valence-electron chi connectivity index (χ0n) is 25.6. The Morgan fingerprint density at radius 3 is 1.69 bits per heavy atom. The van der Waals surface area contributed by atoms with Gasteiger partial charge >= 0.3 is 5.97 Å². The molecule has 234 valence electrons. The van der Waals surface area contributed by atoms with Gasteiger partial charge in [-0.15, -0.1) is 0 Å². The Kier molecular flexibility index (Phi) is 19.8. The van der Waals surface area contributed by atoms with Crippen LogP contribution in [0.1, 0.15) is 114 Å². The fourth-order valence-electron chi connectivity index (χ4n) is 4.90. The molecule has 0 heterocycles. The Hall–Kier alpha value is -2.35. The maximum atomic E-state index is 13.4. The zero-order valence-corrected chi connectivity index (χ0v) is 26.4. The number of hydrogen-bond donors (Lipinski definition) is 3. The van der Waals surface area contributed by atoms with Gasteiger partial charge in [-0.2, -0.15) is 11.8 Å². The molecule has 1 amide bonds. The standard InChI is InChI=1S/C35H53NO5S/c1-2-3-4-5-6-7-8-9-10-11-12-13-20-25-33(39)36-32(28-42-27-31(38)26-37)35(40)41-34(29-21-16-14-17-22-29)30-23-18-15-19-24-30/h14-19,21-24,31-32,34,37-38H,2-13,20,25-28H2,1H3,(H,36,39)/t31-,32+/m1/s1. The summed E-state index contributed by atoms with van der Waals surface area (Å²) in [4.78, 5) is 26.2. The van der Waals surface area contributed by atoms with E-state index in [1.807, 2.05) is 60.7 Å². The second kappa shape index (κ2) is 23.1. The van der Waals surface area contributed by atoms with Gasteiger partial charge in [0.25, 0.3) is 0 Å². The Morgan fingerprint density at radius 1 is 0.738 bits per heavy atom. The van der Waals surface area contributed by atoms with E-state index in [1.165, 1.54) is 76.0 Å². The predicted molar refractivity (Wildman–Crippen MR) is 173 cm³/mol. The van der Waals surface area contributed by atoms with Crippen molar-refractivity contribution < 1.29 is 24.5 Å². The summed E-state index contributed by atoms with van der Waals surface area (Å²) in [5, 5.41) is 21.8. The van der Waals surface area contributed by atoms with E-state index in [9.17, 15) is 14.7 Å². The van der Waals surface area contributed by atoms with Gasteiger partial charge in [-0.3, -0.25) is 4.79 Å². The topological polar surface area (TPSA) is 95.9 Å². The molecule has 0 aliphatic heterocycles.